The van der Waals surface area contributed by atoms with Crippen molar-refractivity contribution in [1.29, 1.82) is 0 Å². The van der Waals surface area contributed by atoms with E-state index in [1.165, 1.54) is 38.5 Å². The van der Waals surface area contributed by atoms with Gasteiger partial charge in [0.15, 0.2) is 0 Å². The van der Waals surface area contributed by atoms with Gasteiger partial charge in [0.2, 0.25) is 0 Å². The van der Waals surface area contributed by atoms with Crippen LogP contribution in [0.5, 0.6) is 0 Å². The Morgan fingerprint density at radius 1 is 0.508 bits per heavy atom. The lowest BCUT2D eigenvalue weighted by atomic mass is 10.1. The molecule has 0 spiro atoms. The molecular formula is C52H90NO7P. The van der Waals surface area contributed by atoms with Gasteiger partial charge >= 0.3 is 5.97 Å². The van der Waals surface area contributed by atoms with Crippen molar-refractivity contribution in [1.82, 2.24) is 0 Å². The number of hydrogen-bond donors (Lipinski definition) is 0. The molecule has 0 aromatic rings. The number of carbonyl (C=O) groups is 1. The molecule has 0 aromatic carbocycles. The molecule has 0 heterocycles. The van der Waals surface area contributed by atoms with Crippen molar-refractivity contribution in [3.8, 4) is 0 Å². The van der Waals surface area contributed by atoms with Gasteiger partial charge in [0.25, 0.3) is 7.82 Å². The third-order valence-corrected chi connectivity index (χ3v) is 10.6. The predicted molar refractivity (Wildman–Crippen MR) is 258 cm³/mol. The fourth-order valence-corrected chi connectivity index (χ4v) is 6.73. The van der Waals surface area contributed by atoms with E-state index in [9.17, 15) is 14.3 Å². The summed E-state index contributed by atoms with van der Waals surface area (Å²) in [7, 11) is 1.32. The van der Waals surface area contributed by atoms with Crippen LogP contribution in [-0.4, -0.2) is 70.7 Å². The molecule has 0 saturated carbocycles. The second-order valence-electron chi connectivity index (χ2n) is 16.7. The van der Waals surface area contributed by atoms with Crippen LogP contribution in [0.25, 0.3) is 0 Å². The Kier molecular flexibility index (Phi) is 42.2. The Hall–Kier alpha value is -2.58. The zero-order valence-corrected chi connectivity index (χ0v) is 40.5. The summed E-state index contributed by atoms with van der Waals surface area (Å²) in [6.07, 6.45) is 59.9. The van der Waals surface area contributed by atoms with Crippen molar-refractivity contribution in [3.05, 3.63) is 97.2 Å². The number of nitrogens with zero attached hydrogens (tertiary/aromatic N) is 1. The van der Waals surface area contributed by atoms with Crippen LogP contribution in [0.3, 0.4) is 0 Å². The number of rotatable bonds is 43. The maximum absolute atomic E-state index is 12.7. The summed E-state index contributed by atoms with van der Waals surface area (Å²) >= 11 is 0. The monoisotopic (exact) mass is 872 g/mol. The largest absolute Gasteiger partial charge is 0.756 e. The standard InChI is InChI=1S/C52H90NO7P/c1-6-8-10-12-14-16-18-20-22-24-25-26-27-28-30-32-34-36-38-40-42-44-47-57-49-51(50-59-61(55,56)58-48-46-53(3,4)5)60-52(54)45-43-41-39-37-35-33-31-29-23-21-19-17-15-13-11-9-7-2/h8-11,14-17,20-23,25-26,28,30,51H,6-7,12-13,18-19,24,27,29,31-50H2,1-5H3/b10-8-,11-9-,16-14-,17-15-,22-20-,23-21-,26-25-,30-28-. The summed E-state index contributed by atoms with van der Waals surface area (Å²) in [5, 5.41) is 0. The summed E-state index contributed by atoms with van der Waals surface area (Å²) in [5.74, 6) is -0.354. The van der Waals surface area contributed by atoms with Gasteiger partial charge in [-0.3, -0.25) is 9.36 Å². The van der Waals surface area contributed by atoms with Crippen molar-refractivity contribution in [2.75, 3.05) is 54.1 Å². The van der Waals surface area contributed by atoms with Crippen molar-refractivity contribution in [2.24, 2.45) is 0 Å². The predicted octanol–water partition coefficient (Wildman–Crippen LogP) is 14.0. The van der Waals surface area contributed by atoms with E-state index in [4.69, 9.17) is 18.5 Å². The molecule has 0 rings (SSSR count). The number of hydrogen-bond acceptors (Lipinski definition) is 7. The molecule has 0 saturated heterocycles. The lowest BCUT2D eigenvalue weighted by molar-refractivity contribution is -0.870. The summed E-state index contributed by atoms with van der Waals surface area (Å²) in [6, 6.07) is 0. The molecule has 350 valence electrons. The summed E-state index contributed by atoms with van der Waals surface area (Å²) in [4.78, 5) is 25.1. The van der Waals surface area contributed by atoms with Gasteiger partial charge in [0.1, 0.15) is 19.3 Å². The van der Waals surface area contributed by atoms with Gasteiger partial charge in [-0.1, -0.05) is 169 Å². The highest BCUT2D eigenvalue weighted by Crippen LogP contribution is 2.38. The van der Waals surface area contributed by atoms with Crippen LogP contribution in [0.4, 0.5) is 0 Å². The summed E-state index contributed by atoms with van der Waals surface area (Å²) in [5.41, 5.74) is 0. The SMILES string of the molecule is CC/C=C\C/C=C\C/C=C\C/C=C\C/C=C\CCCCCCCCOCC(COP(=O)([O-])OCC[N+](C)(C)C)OC(=O)CCCCCCCCC/C=C\C/C=C\C/C=C\CC. The second kappa shape index (κ2) is 44.0. The highest BCUT2D eigenvalue weighted by Gasteiger charge is 2.20. The van der Waals surface area contributed by atoms with Crippen molar-refractivity contribution < 1.29 is 37.3 Å². The molecule has 2 atom stereocenters. The number of ether oxygens (including phenoxy) is 2. The van der Waals surface area contributed by atoms with Gasteiger partial charge in [-0.2, -0.15) is 0 Å². The van der Waals surface area contributed by atoms with E-state index >= 15 is 0 Å². The second-order valence-corrected chi connectivity index (χ2v) is 18.1. The molecule has 0 amide bonds. The van der Waals surface area contributed by atoms with E-state index in [0.717, 1.165) is 109 Å². The number of unbranched alkanes of at least 4 members (excludes halogenated alkanes) is 13. The van der Waals surface area contributed by atoms with E-state index in [2.05, 4.69) is 111 Å². The molecule has 0 N–H and O–H groups in total. The maximum atomic E-state index is 12.7. The molecule has 2 unspecified atom stereocenters. The van der Waals surface area contributed by atoms with Crippen molar-refractivity contribution in [2.45, 2.75) is 174 Å². The maximum Gasteiger partial charge on any atom is 0.306 e. The average Bonchev–Trinajstić information content (AvgIpc) is 3.22. The van der Waals surface area contributed by atoms with E-state index in [1.807, 2.05) is 21.1 Å². The molecule has 0 fully saturated rings. The number of esters is 1. The molecule has 0 aliphatic heterocycles. The molecule has 61 heavy (non-hydrogen) atoms. The van der Waals surface area contributed by atoms with Crippen molar-refractivity contribution in [3.63, 3.8) is 0 Å². The molecule has 0 aliphatic rings. The Morgan fingerprint density at radius 3 is 1.34 bits per heavy atom. The number of phosphoric acid groups is 1. The molecular weight excluding hydrogens is 782 g/mol. The zero-order valence-electron chi connectivity index (χ0n) is 39.6. The van der Waals surface area contributed by atoms with Crippen LogP contribution < -0.4 is 4.89 Å². The lowest BCUT2D eigenvalue weighted by Crippen LogP contribution is -2.37. The number of likely N-dealkylation sites (N-methyl/N-ethyl adjacent to an activating group) is 1. The lowest BCUT2D eigenvalue weighted by Gasteiger charge is -2.28. The molecule has 8 nitrogen and oxygen atoms in total. The minimum Gasteiger partial charge on any atom is -0.756 e. The minimum absolute atomic E-state index is 0.0150. The Bertz CT molecular complexity index is 1290. The smallest absolute Gasteiger partial charge is 0.306 e. The Labute approximate surface area is 375 Å². The Morgan fingerprint density at radius 2 is 0.902 bits per heavy atom. The molecule has 9 heteroatoms. The fourth-order valence-electron chi connectivity index (χ4n) is 6.00. The summed E-state index contributed by atoms with van der Waals surface area (Å²) < 4.78 is 34.7. The third kappa shape index (κ3) is 48.3. The van der Waals surface area contributed by atoms with Crippen molar-refractivity contribution >= 4 is 13.8 Å². The first-order chi connectivity index (χ1) is 29.6. The highest BCUT2D eigenvalue weighted by molar-refractivity contribution is 7.45. The van der Waals surface area contributed by atoms with E-state index in [-0.39, 0.29) is 25.8 Å². The van der Waals surface area contributed by atoms with Crippen LogP contribution >= 0.6 is 7.82 Å². The van der Waals surface area contributed by atoms with Gasteiger partial charge in [-0.25, -0.2) is 0 Å². The van der Waals surface area contributed by atoms with Crippen LogP contribution in [0.2, 0.25) is 0 Å². The third-order valence-electron chi connectivity index (χ3n) is 9.63. The minimum atomic E-state index is -4.54. The van der Waals surface area contributed by atoms with Gasteiger partial charge in [-0.15, -0.1) is 0 Å². The average molecular weight is 872 g/mol. The molecule has 0 bridgehead atoms. The zero-order chi connectivity index (χ0) is 44.8. The quantitative estimate of drug-likeness (QED) is 0.0198. The van der Waals surface area contributed by atoms with E-state index in [0.29, 0.717) is 24.1 Å². The van der Waals surface area contributed by atoms with E-state index < -0.39 is 13.9 Å². The van der Waals surface area contributed by atoms with Gasteiger partial charge < -0.3 is 27.9 Å². The number of phosphoric ester groups is 1. The van der Waals surface area contributed by atoms with Crippen LogP contribution in [-0.2, 0) is 27.9 Å². The molecule has 0 aromatic heterocycles. The first-order valence-electron chi connectivity index (χ1n) is 24.0. The highest BCUT2D eigenvalue weighted by atomic mass is 31.2. The van der Waals surface area contributed by atoms with Crippen LogP contribution in [0, 0.1) is 0 Å². The van der Waals surface area contributed by atoms with Gasteiger partial charge in [0.05, 0.1) is 34.4 Å². The number of quaternary nitrogens is 1. The topological polar surface area (TPSA) is 94.1 Å². The summed E-state index contributed by atoms with van der Waals surface area (Å²) in [6.45, 7) is 5.12. The number of allylic oxidation sites excluding steroid dienone is 16. The molecule has 0 aliphatic carbocycles. The van der Waals surface area contributed by atoms with Crippen LogP contribution in [0.15, 0.2) is 97.2 Å². The molecule has 0 radical (unpaired) electrons. The Balaban J connectivity index is 4.25. The number of carbonyl (C=O) groups excluding carboxylic acids is 1. The first kappa shape index (κ1) is 58.4. The normalized spacial score (nSPS) is 14.5. The van der Waals surface area contributed by atoms with Crippen LogP contribution in [0.1, 0.15) is 168 Å². The van der Waals surface area contributed by atoms with Gasteiger partial charge in [0, 0.05) is 13.0 Å². The first-order valence-corrected chi connectivity index (χ1v) is 25.4. The van der Waals surface area contributed by atoms with Gasteiger partial charge in [-0.05, 0) is 89.9 Å². The van der Waals surface area contributed by atoms with E-state index in [1.54, 1.807) is 0 Å². The fraction of sp³-hybridized carbons (Fsp3) is 0.673.